The number of hydrogen-bond acceptors (Lipinski definition) is 4. The Morgan fingerprint density at radius 3 is 2.62 bits per heavy atom. The van der Waals surface area contributed by atoms with Crippen molar-refractivity contribution in [2.45, 2.75) is 29.5 Å². The highest BCUT2D eigenvalue weighted by Crippen LogP contribution is 2.32. The van der Waals surface area contributed by atoms with Crippen molar-refractivity contribution < 1.29 is 30.7 Å². The fraction of sp³-hybridized carbons (Fsp3) is 0.571. The standard InChI is InChI=1S/C14H18F4N2O3S/c1-23-9-13(5-2-6-19-13)8-20-24(21,22)10-3-4-12(15)11(7-10)14(16,17)18/h3-4,7,19-20H,2,5-6,8-9H2,1H3. The quantitative estimate of drug-likeness (QED) is 0.751. The van der Waals surface area contributed by atoms with Crippen molar-refractivity contribution in [2.75, 3.05) is 26.8 Å². The number of halogens is 4. The van der Waals surface area contributed by atoms with Gasteiger partial charge in [-0.2, -0.15) is 13.2 Å². The molecule has 1 atom stereocenters. The summed E-state index contributed by atoms with van der Waals surface area (Å²) >= 11 is 0. The van der Waals surface area contributed by atoms with Gasteiger partial charge < -0.3 is 10.1 Å². The second kappa shape index (κ2) is 6.95. The zero-order chi connectivity index (χ0) is 18.0. The largest absolute Gasteiger partial charge is 0.419 e. The van der Waals surface area contributed by atoms with Gasteiger partial charge in [0.15, 0.2) is 0 Å². The average Bonchev–Trinajstić information content (AvgIpc) is 2.94. The van der Waals surface area contributed by atoms with Gasteiger partial charge in [-0.15, -0.1) is 0 Å². The van der Waals surface area contributed by atoms with Crippen LogP contribution in [0.3, 0.4) is 0 Å². The third kappa shape index (κ3) is 4.24. The minimum Gasteiger partial charge on any atom is -0.383 e. The molecule has 1 aromatic carbocycles. The van der Waals surface area contributed by atoms with E-state index in [1.54, 1.807) is 0 Å². The maximum absolute atomic E-state index is 13.3. The molecule has 1 aliphatic heterocycles. The Balaban J connectivity index is 2.21. The zero-order valence-electron chi connectivity index (χ0n) is 12.9. The molecule has 1 aliphatic rings. The zero-order valence-corrected chi connectivity index (χ0v) is 13.7. The molecule has 24 heavy (non-hydrogen) atoms. The van der Waals surface area contributed by atoms with Crippen LogP contribution in [0.5, 0.6) is 0 Å². The minimum atomic E-state index is -4.97. The molecule has 2 rings (SSSR count). The van der Waals surface area contributed by atoms with Gasteiger partial charge in [0.25, 0.3) is 0 Å². The summed E-state index contributed by atoms with van der Waals surface area (Å²) in [6.07, 6.45) is -3.47. The van der Waals surface area contributed by atoms with Gasteiger partial charge in [-0.1, -0.05) is 0 Å². The van der Waals surface area contributed by atoms with Crippen LogP contribution in [-0.4, -0.2) is 40.8 Å². The Labute approximate surface area is 137 Å². The predicted molar refractivity (Wildman–Crippen MR) is 78.4 cm³/mol. The monoisotopic (exact) mass is 370 g/mol. The maximum atomic E-state index is 13.3. The van der Waals surface area contributed by atoms with Gasteiger partial charge in [0.1, 0.15) is 5.82 Å². The number of hydrogen-bond donors (Lipinski definition) is 2. The normalized spacial score (nSPS) is 22.0. The number of benzene rings is 1. The highest BCUT2D eigenvalue weighted by atomic mass is 32.2. The molecule has 0 aliphatic carbocycles. The number of rotatable bonds is 6. The minimum absolute atomic E-state index is 0.0398. The first kappa shape index (κ1) is 19.1. The molecular formula is C14H18F4N2O3S. The Hall–Kier alpha value is -1.23. The van der Waals surface area contributed by atoms with Crippen LogP contribution in [0.15, 0.2) is 23.1 Å². The molecule has 1 aromatic rings. The van der Waals surface area contributed by atoms with E-state index < -0.39 is 38.0 Å². The summed E-state index contributed by atoms with van der Waals surface area (Å²) in [7, 11) is -2.74. The van der Waals surface area contributed by atoms with Crippen LogP contribution >= 0.6 is 0 Å². The number of alkyl halides is 3. The van der Waals surface area contributed by atoms with Crippen LogP contribution in [0.4, 0.5) is 17.6 Å². The van der Waals surface area contributed by atoms with Crippen molar-refractivity contribution in [2.24, 2.45) is 0 Å². The summed E-state index contributed by atoms with van der Waals surface area (Å²) in [6, 6.07) is 1.59. The van der Waals surface area contributed by atoms with E-state index in [-0.39, 0.29) is 13.2 Å². The first-order valence-electron chi connectivity index (χ1n) is 7.20. The van der Waals surface area contributed by atoms with Gasteiger partial charge >= 0.3 is 6.18 Å². The summed E-state index contributed by atoms with van der Waals surface area (Å²) in [5, 5.41) is 3.15. The first-order valence-corrected chi connectivity index (χ1v) is 8.68. The van der Waals surface area contributed by atoms with E-state index >= 15 is 0 Å². The van der Waals surface area contributed by atoms with Crippen molar-refractivity contribution in [1.29, 1.82) is 0 Å². The van der Waals surface area contributed by atoms with Gasteiger partial charge in [0.05, 0.1) is 22.6 Å². The molecule has 0 radical (unpaired) electrons. The number of ether oxygens (including phenoxy) is 1. The molecule has 2 N–H and O–H groups in total. The molecule has 0 spiro atoms. The third-order valence-electron chi connectivity index (χ3n) is 3.91. The molecule has 0 amide bonds. The van der Waals surface area contributed by atoms with Gasteiger partial charge in [0, 0.05) is 13.7 Å². The Morgan fingerprint density at radius 1 is 1.38 bits per heavy atom. The van der Waals surface area contributed by atoms with Crippen LogP contribution in [-0.2, 0) is 20.9 Å². The maximum Gasteiger partial charge on any atom is 0.419 e. The lowest BCUT2D eigenvalue weighted by molar-refractivity contribution is -0.140. The lowest BCUT2D eigenvalue weighted by atomic mass is 9.99. The van der Waals surface area contributed by atoms with Crippen molar-refractivity contribution in [3.05, 3.63) is 29.6 Å². The topological polar surface area (TPSA) is 67.4 Å². The van der Waals surface area contributed by atoms with Crippen molar-refractivity contribution in [3.63, 3.8) is 0 Å². The van der Waals surface area contributed by atoms with Gasteiger partial charge in [0.2, 0.25) is 10.0 Å². The molecule has 0 saturated carbocycles. The Bertz CT molecular complexity index is 686. The highest BCUT2D eigenvalue weighted by molar-refractivity contribution is 7.89. The average molecular weight is 370 g/mol. The van der Waals surface area contributed by atoms with E-state index in [9.17, 15) is 26.0 Å². The molecular weight excluding hydrogens is 352 g/mol. The molecule has 5 nitrogen and oxygen atoms in total. The predicted octanol–water partition coefficient (Wildman–Crippen LogP) is 1.89. The van der Waals surface area contributed by atoms with Crippen molar-refractivity contribution in [1.82, 2.24) is 10.0 Å². The van der Waals surface area contributed by atoms with Crippen molar-refractivity contribution >= 4 is 10.0 Å². The summed E-state index contributed by atoms with van der Waals surface area (Å²) in [4.78, 5) is -0.637. The van der Waals surface area contributed by atoms with Crippen LogP contribution in [0.1, 0.15) is 18.4 Å². The summed E-state index contributed by atoms with van der Waals surface area (Å²) in [6.45, 7) is 0.911. The Kier molecular flexibility index (Phi) is 5.53. The van der Waals surface area contributed by atoms with Crippen LogP contribution in [0, 0.1) is 5.82 Å². The van der Waals surface area contributed by atoms with E-state index in [1.165, 1.54) is 7.11 Å². The lowest BCUT2D eigenvalue weighted by Crippen LogP contribution is -2.52. The van der Waals surface area contributed by atoms with Crippen LogP contribution in [0.2, 0.25) is 0 Å². The Morgan fingerprint density at radius 2 is 2.08 bits per heavy atom. The second-order valence-electron chi connectivity index (χ2n) is 5.71. The summed E-state index contributed by atoms with van der Waals surface area (Å²) in [5.41, 5.74) is -2.22. The van der Waals surface area contributed by atoms with Gasteiger partial charge in [-0.25, -0.2) is 17.5 Å². The smallest absolute Gasteiger partial charge is 0.383 e. The number of methoxy groups -OCH3 is 1. The summed E-state index contributed by atoms with van der Waals surface area (Å²) < 4.78 is 83.3. The molecule has 0 bridgehead atoms. The van der Waals surface area contributed by atoms with E-state index in [2.05, 4.69) is 10.0 Å². The number of sulfonamides is 1. The fourth-order valence-electron chi connectivity index (χ4n) is 2.68. The molecule has 136 valence electrons. The van der Waals surface area contributed by atoms with Crippen molar-refractivity contribution in [3.8, 4) is 0 Å². The molecule has 1 heterocycles. The highest BCUT2D eigenvalue weighted by Gasteiger charge is 2.37. The first-order chi connectivity index (χ1) is 11.1. The van der Waals surface area contributed by atoms with E-state index in [4.69, 9.17) is 4.74 Å². The SMILES string of the molecule is COCC1(CNS(=O)(=O)c2ccc(F)c(C(F)(F)F)c2)CCCN1. The van der Waals surface area contributed by atoms with Gasteiger partial charge in [-0.3, -0.25) is 0 Å². The van der Waals surface area contributed by atoms with E-state index in [0.29, 0.717) is 25.1 Å². The number of nitrogens with one attached hydrogen (secondary N) is 2. The third-order valence-corrected chi connectivity index (χ3v) is 5.31. The lowest BCUT2D eigenvalue weighted by Gasteiger charge is -2.28. The summed E-state index contributed by atoms with van der Waals surface area (Å²) in [5.74, 6) is -1.52. The molecule has 1 unspecified atom stereocenters. The molecule has 0 aromatic heterocycles. The van der Waals surface area contributed by atoms with E-state index in [0.717, 1.165) is 12.5 Å². The van der Waals surface area contributed by atoms with Gasteiger partial charge in [-0.05, 0) is 37.6 Å². The second-order valence-corrected chi connectivity index (χ2v) is 7.47. The van der Waals surface area contributed by atoms with Crippen LogP contribution < -0.4 is 10.0 Å². The fourth-order valence-corrected chi connectivity index (χ4v) is 3.83. The molecule has 1 fully saturated rings. The molecule has 10 heteroatoms. The van der Waals surface area contributed by atoms with E-state index in [1.807, 2.05) is 0 Å². The van der Waals surface area contributed by atoms with Crippen LogP contribution in [0.25, 0.3) is 0 Å². The molecule has 1 saturated heterocycles.